The fourth-order valence-corrected chi connectivity index (χ4v) is 2.45. The van der Waals surface area contributed by atoms with Crippen LogP contribution in [0.25, 0.3) is 22.5 Å². The summed E-state index contributed by atoms with van der Waals surface area (Å²) in [7, 11) is 0. The number of hydrogen-bond acceptors (Lipinski definition) is 4. The molecule has 0 aliphatic heterocycles. The minimum atomic E-state index is -0.323. The van der Waals surface area contributed by atoms with E-state index in [1.165, 1.54) is 22.9 Å². The molecular weight excluding hydrogens is 307 g/mol. The highest BCUT2D eigenvalue weighted by Crippen LogP contribution is 2.30. The van der Waals surface area contributed by atoms with Gasteiger partial charge >= 0.3 is 0 Å². The molecule has 0 aliphatic carbocycles. The zero-order valence-electron chi connectivity index (χ0n) is 13.4. The molecular formula is C18H17FN4O. The molecule has 5 nitrogen and oxygen atoms in total. The topological polar surface area (TPSA) is 73.8 Å². The Labute approximate surface area is 138 Å². The van der Waals surface area contributed by atoms with E-state index in [0.717, 1.165) is 11.1 Å². The first-order valence-corrected chi connectivity index (χ1v) is 7.58. The predicted octanol–water partition coefficient (Wildman–Crippen LogP) is 3.27. The summed E-state index contributed by atoms with van der Waals surface area (Å²) in [4.78, 5) is 16.3. The lowest BCUT2D eigenvalue weighted by molar-refractivity contribution is 0.505. The van der Waals surface area contributed by atoms with E-state index in [2.05, 4.69) is 10.1 Å². The Morgan fingerprint density at radius 2 is 1.75 bits per heavy atom. The Bertz CT molecular complexity index is 932. The van der Waals surface area contributed by atoms with Crippen LogP contribution < -0.4 is 11.3 Å². The number of nitrogens with two attached hydrogens (primary N) is 1. The van der Waals surface area contributed by atoms with Gasteiger partial charge < -0.3 is 5.73 Å². The van der Waals surface area contributed by atoms with Crippen molar-refractivity contribution < 1.29 is 4.39 Å². The van der Waals surface area contributed by atoms with E-state index in [9.17, 15) is 9.18 Å². The molecule has 0 aliphatic rings. The zero-order chi connectivity index (χ0) is 17.3. The molecule has 0 atom stereocenters. The van der Waals surface area contributed by atoms with E-state index >= 15 is 0 Å². The Morgan fingerprint density at radius 1 is 1.04 bits per heavy atom. The second-order valence-electron chi connectivity index (χ2n) is 5.73. The van der Waals surface area contributed by atoms with Crippen LogP contribution >= 0.6 is 0 Å². The Hall–Kier alpha value is -3.02. The van der Waals surface area contributed by atoms with Crippen molar-refractivity contribution in [3.05, 3.63) is 64.7 Å². The normalized spacial score (nSPS) is 11.0. The van der Waals surface area contributed by atoms with Crippen molar-refractivity contribution in [2.75, 3.05) is 5.73 Å². The lowest BCUT2D eigenvalue weighted by Gasteiger charge is -2.13. The number of aromatic nitrogens is 3. The monoisotopic (exact) mass is 324 g/mol. The molecule has 6 heteroatoms. The summed E-state index contributed by atoms with van der Waals surface area (Å²) >= 11 is 0. The highest BCUT2D eigenvalue weighted by atomic mass is 19.1. The van der Waals surface area contributed by atoms with E-state index in [1.54, 1.807) is 30.3 Å². The average molecular weight is 324 g/mol. The summed E-state index contributed by atoms with van der Waals surface area (Å²) in [6.07, 6.45) is 0. The molecule has 0 saturated carbocycles. The molecule has 1 aromatic carbocycles. The maximum atomic E-state index is 13.2. The SMILES string of the molecule is CC(C)n1nc(-c2ccc(N)nc2-c2ccc(F)cc2)ccc1=O. The molecule has 0 spiro atoms. The van der Waals surface area contributed by atoms with Crippen molar-refractivity contribution in [1.29, 1.82) is 0 Å². The number of nitrogens with zero attached hydrogens (tertiary/aromatic N) is 3. The fourth-order valence-electron chi connectivity index (χ4n) is 2.45. The van der Waals surface area contributed by atoms with Gasteiger partial charge in [-0.25, -0.2) is 14.1 Å². The number of hydrogen-bond donors (Lipinski definition) is 1. The average Bonchev–Trinajstić information content (AvgIpc) is 2.56. The molecule has 2 N–H and O–H groups in total. The first kappa shape index (κ1) is 15.9. The van der Waals surface area contributed by atoms with Crippen molar-refractivity contribution in [2.24, 2.45) is 0 Å². The van der Waals surface area contributed by atoms with Gasteiger partial charge in [0, 0.05) is 17.2 Å². The molecule has 3 aromatic rings. The third-order valence-electron chi connectivity index (χ3n) is 3.62. The number of benzene rings is 1. The molecule has 0 fully saturated rings. The summed E-state index contributed by atoms with van der Waals surface area (Å²) in [5.74, 6) is 0.0333. The highest BCUT2D eigenvalue weighted by molar-refractivity contribution is 5.79. The van der Waals surface area contributed by atoms with E-state index in [-0.39, 0.29) is 17.4 Å². The summed E-state index contributed by atoms with van der Waals surface area (Å²) in [6.45, 7) is 3.78. The van der Waals surface area contributed by atoms with Crippen molar-refractivity contribution in [3.63, 3.8) is 0 Å². The minimum absolute atomic E-state index is 0.0616. The van der Waals surface area contributed by atoms with Crippen LogP contribution in [0.1, 0.15) is 19.9 Å². The second-order valence-corrected chi connectivity index (χ2v) is 5.73. The summed E-state index contributed by atoms with van der Waals surface area (Å²) in [5, 5.41) is 4.42. The first-order valence-electron chi connectivity index (χ1n) is 7.58. The molecule has 122 valence electrons. The molecule has 0 unspecified atom stereocenters. The van der Waals surface area contributed by atoms with Crippen LogP contribution in [0, 0.1) is 5.82 Å². The first-order chi connectivity index (χ1) is 11.5. The third kappa shape index (κ3) is 3.03. The number of anilines is 1. The molecule has 2 heterocycles. The van der Waals surface area contributed by atoms with Gasteiger partial charge in [0.2, 0.25) is 0 Å². The quantitative estimate of drug-likeness (QED) is 0.802. The molecule has 3 rings (SSSR count). The standard InChI is InChI=1S/C18H17FN4O/c1-11(2)23-17(24)10-8-15(22-23)14-7-9-16(20)21-18(14)12-3-5-13(19)6-4-12/h3-11H,1-2H3,(H2,20,21). The lowest BCUT2D eigenvalue weighted by atomic mass is 10.0. The molecule has 2 aromatic heterocycles. The smallest absolute Gasteiger partial charge is 0.267 e. The molecule has 0 radical (unpaired) electrons. The van der Waals surface area contributed by atoms with Crippen LogP contribution in [0.15, 0.2) is 53.3 Å². The lowest BCUT2D eigenvalue weighted by Crippen LogP contribution is -2.24. The number of halogens is 1. The van der Waals surface area contributed by atoms with Gasteiger partial charge in [-0.3, -0.25) is 4.79 Å². The summed E-state index contributed by atoms with van der Waals surface area (Å²) < 4.78 is 14.6. The van der Waals surface area contributed by atoms with Gasteiger partial charge in [0.1, 0.15) is 11.6 Å². The van der Waals surface area contributed by atoms with Crippen LogP contribution in [-0.4, -0.2) is 14.8 Å². The maximum Gasteiger partial charge on any atom is 0.267 e. The van der Waals surface area contributed by atoms with Gasteiger partial charge in [0.05, 0.1) is 17.4 Å². The number of rotatable bonds is 3. The molecule has 0 saturated heterocycles. The van der Waals surface area contributed by atoms with Crippen molar-refractivity contribution in [3.8, 4) is 22.5 Å². The van der Waals surface area contributed by atoms with Crippen LogP contribution in [-0.2, 0) is 0 Å². The Morgan fingerprint density at radius 3 is 2.42 bits per heavy atom. The van der Waals surface area contributed by atoms with E-state index in [0.29, 0.717) is 17.2 Å². The largest absolute Gasteiger partial charge is 0.384 e. The van der Waals surface area contributed by atoms with Crippen molar-refractivity contribution >= 4 is 5.82 Å². The van der Waals surface area contributed by atoms with Crippen molar-refractivity contribution in [1.82, 2.24) is 14.8 Å². The van der Waals surface area contributed by atoms with Crippen LogP contribution in [0.2, 0.25) is 0 Å². The second kappa shape index (κ2) is 6.23. The Balaban J connectivity index is 2.20. The van der Waals surface area contributed by atoms with Gasteiger partial charge in [0.15, 0.2) is 0 Å². The van der Waals surface area contributed by atoms with Gasteiger partial charge in [-0.05, 0) is 56.3 Å². The summed E-state index contributed by atoms with van der Waals surface area (Å²) in [5.41, 5.74) is 8.30. The Kier molecular flexibility index (Phi) is 4.12. The van der Waals surface area contributed by atoms with E-state index in [1.807, 2.05) is 13.8 Å². The van der Waals surface area contributed by atoms with Gasteiger partial charge in [-0.15, -0.1) is 0 Å². The summed E-state index contributed by atoms with van der Waals surface area (Å²) in [6, 6.07) is 12.6. The molecule has 0 amide bonds. The van der Waals surface area contributed by atoms with Crippen LogP contribution in [0.4, 0.5) is 10.2 Å². The maximum absolute atomic E-state index is 13.2. The van der Waals surface area contributed by atoms with E-state index in [4.69, 9.17) is 5.73 Å². The van der Waals surface area contributed by atoms with E-state index < -0.39 is 0 Å². The molecule has 24 heavy (non-hydrogen) atoms. The minimum Gasteiger partial charge on any atom is -0.384 e. The molecule has 0 bridgehead atoms. The van der Waals surface area contributed by atoms with Gasteiger partial charge in [0.25, 0.3) is 5.56 Å². The zero-order valence-corrected chi connectivity index (χ0v) is 13.4. The van der Waals surface area contributed by atoms with Crippen LogP contribution in [0.5, 0.6) is 0 Å². The van der Waals surface area contributed by atoms with Crippen molar-refractivity contribution in [2.45, 2.75) is 19.9 Å². The van der Waals surface area contributed by atoms with Crippen LogP contribution in [0.3, 0.4) is 0 Å². The number of nitrogen functional groups attached to an aromatic ring is 1. The predicted molar refractivity (Wildman–Crippen MR) is 91.9 cm³/mol. The third-order valence-corrected chi connectivity index (χ3v) is 3.62. The highest BCUT2D eigenvalue weighted by Gasteiger charge is 2.13. The van der Waals surface area contributed by atoms with Gasteiger partial charge in [-0.1, -0.05) is 0 Å². The van der Waals surface area contributed by atoms with Gasteiger partial charge in [-0.2, -0.15) is 5.10 Å². The fraction of sp³-hybridized carbons (Fsp3) is 0.167. The number of pyridine rings is 1.